The summed E-state index contributed by atoms with van der Waals surface area (Å²) >= 11 is 1.78. The molecule has 0 fully saturated rings. The third-order valence-electron chi connectivity index (χ3n) is 3.58. The standard InChI is InChI=1S/C15H18N4S/c1-10-7-14(19(2)18-10)13(17-16)8-11-9-20-15-6-4-3-5-12(11)15/h3-7,9,13,17H,8,16H2,1-2H3. The summed E-state index contributed by atoms with van der Waals surface area (Å²) in [6.07, 6.45) is 0.861. The number of aromatic nitrogens is 2. The molecule has 0 saturated carbocycles. The zero-order chi connectivity index (χ0) is 14.1. The van der Waals surface area contributed by atoms with Crippen LogP contribution in [-0.4, -0.2) is 9.78 Å². The largest absolute Gasteiger partial charge is 0.271 e. The van der Waals surface area contributed by atoms with E-state index in [2.05, 4.69) is 46.2 Å². The summed E-state index contributed by atoms with van der Waals surface area (Å²) in [6, 6.07) is 10.6. The topological polar surface area (TPSA) is 55.9 Å². The number of aryl methyl sites for hydroxylation is 2. The minimum absolute atomic E-state index is 0.0687. The van der Waals surface area contributed by atoms with Crippen LogP contribution in [-0.2, 0) is 13.5 Å². The van der Waals surface area contributed by atoms with Crippen molar-refractivity contribution in [3.8, 4) is 0 Å². The smallest absolute Gasteiger partial charge is 0.0669 e. The van der Waals surface area contributed by atoms with Crippen LogP contribution in [0.1, 0.15) is 23.0 Å². The van der Waals surface area contributed by atoms with Gasteiger partial charge in [0.15, 0.2) is 0 Å². The first-order chi connectivity index (χ1) is 9.69. The van der Waals surface area contributed by atoms with Crippen LogP contribution in [0.3, 0.4) is 0 Å². The highest BCUT2D eigenvalue weighted by Crippen LogP contribution is 2.29. The lowest BCUT2D eigenvalue weighted by atomic mass is 10.0. The van der Waals surface area contributed by atoms with Gasteiger partial charge in [-0.3, -0.25) is 16.0 Å². The first-order valence-electron chi connectivity index (χ1n) is 6.61. The molecule has 20 heavy (non-hydrogen) atoms. The molecule has 1 atom stereocenters. The molecule has 4 nitrogen and oxygen atoms in total. The van der Waals surface area contributed by atoms with Crippen molar-refractivity contribution in [2.75, 3.05) is 0 Å². The predicted molar refractivity (Wildman–Crippen MR) is 83.5 cm³/mol. The SMILES string of the molecule is Cc1cc(C(Cc2csc3ccccc23)NN)n(C)n1. The Morgan fingerprint density at radius 2 is 2.20 bits per heavy atom. The molecule has 0 amide bonds. The molecule has 3 N–H and O–H groups in total. The molecule has 0 aliphatic carbocycles. The fourth-order valence-electron chi connectivity index (χ4n) is 2.62. The van der Waals surface area contributed by atoms with Crippen LogP contribution in [0.4, 0.5) is 0 Å². The van der Waals surface area contributed by atoms with E-state index in [0.29, 0.717) is 0 Å². The van der Waals surface area contributed by atoms with Crippen LogP contribution in [0.15, 0.2) is 35.7 Å². The zero-order valence-electron chi connectivity index (χ0n) is 11.6. The Labute approximate surface area is 122 Å². The molecule has 0 bridgehead atoms. The summed E-state index contributed by atoms with van der Waals surface area (Å²) in [5.41, 5.74) is 6.37. The second kappa shape index (κ2) is 5.36. The van der Waals surface area contributed by atoms with E-state index in [1.54, 1.807) is 11.3 Å². The number of benzene rings is 1. The maximum absolute atomic E-state index is 5.76. The molecule has 0 aliphatic heterocycles. The molecule has 104 valence electrons. The molecule has 2 heterocycles. The summed E-state index contributed by atoms with van der Waals surface area (Å²) in [7, 11) is 1.96. The molecule has 3 aromatic rings. The van der Waals surface area contributed by atoms with Gasteiger partial charge >= 0.3 is 0 Å². The van der Waals surface area contributed by atoms with Crippen molar-refractivity contribution in [1.29, 1.82) is 0 Å². The Bertz CT molecular complexity index is 728. The van der Waals surface area contributed by atoms with Gasteiger partial charge in [0.1, 0.15) is 0 Å². The lowest BCUT2D eigenvalue weighted by Gasteiger charge is -2.15. The number of nitrogens with one attached hydrogen (secondary N) is 1. The monoisotopic (exact) mass is 286 g/mol. The van der Waals surface area contributed by atoms with Crippen LogP contribution < -0.4 is 11.3 Å². The maximum Gasteiger partial charge on any atom is 0.0669 e. The van der Waals surface area contributed by atoms with E-state index >= 15 is 0 Å². The average Bonchev–Trinajstić information content (AvgIpc) is 3.00. The van der Waals surface area contributed by atoms with Gasteiger partial charge in [-0.1, -0.05) is 18.2 Å². The normalized spacial score (nSPS) is 12.9. The molecule has 5 heteroatoms. The van der Waals surface area contributed by atoms with Gasteiger partial charge < -0.3 is 0 Å². The maximum atomic E-state index is 5.76. The highest BCUT2D eigenvalue weighted by atomic mass is 32.1. The van der Waals surface area contributed by atoms with E-state index in [9.17, 15) is 0 Å². The number of rotatable bonds is 4. The second-order valence-corrected chi connectivity index (χ2v) is 5.93. The number of thiophene rings is 1. The Kier molecular flexibility index (Phi) is 3.56. The Morgan fingerprint density at radius 3 is 2.90 bits per heavy atom. The second-order valence-electron chi connectivity index (χ2n) is 5.01. The number of fused-ring (bicyclic) bond motifs is 1. The Balaban J connectivity index is 1.94. The summed E-state index contributed by atoms with van der Waals surface area (Å²) < 4.78 is 3.22. The van der Waals surface area contributed by atoms with Gasteiger partial charge in [0.2, 0.25) is 0 Å². The molecular formula is C15H18N4S. The van der Waals surface area contributed by atoms with Crippen molar-refractivity contribution in [1.82, 2.24) is 15.2 Å². The summed E-state index contributed by atoms with van der Waals surface area (Å²) in [6.45, 7) is 2.00. The van der Waals surface area contributed by atoms with Crippen molar-refractivity contribution in [2.24, 2.45) is 12.9 Å². The van der Waals surface area contributed by atoms with E-state index in [0.717, 1.165) is 17.8 Å². The molecule has 1 aromatic carbocycles. The van der Waals surface area contributed by atoms with Crippen molar-refractivity contribution in [2.45, 2.75) is 19.4 Å². The van der Waals surface area contributed by atoms with Crippen LogP contribution in [0.2, 0.25) is 0 Å². The lowest BCUT2D eigenvalue weighted by Crippen LogP contribution is -2.31. The molecular weight excluding hydrogens is 268 g/mol. The highest BCUT2D eigenvalue weighted by molar-refractivity contribution is 7.17. The van der Waals surface area contributed by atoms with E-state index in [4.69, 9.17) is 5.84 Å². The lowest BCUT2D eigenvalue weighted by molar-refractivity contribution is 0.510. The fraction of sp³-hybridized carbons (Fsp3) is 0.267. The van der Waals surface area contributed by atoms with Crippen molar-refractivity contribution < 1.29 is 0 Å². The van der Waals surface area contributed by atoms with Crippen LogP contribution in [0, 0.1) is 6.92 Å². The van der Waals surface area contributed by atoms with Gasteiger partial charge in [-0.05, 0) is 41.8 Å². The fourth-order valence-corrected chi connectivity index (χ4v) is 3.59. The molecule has 0 spiro atoms. The van der Waals surface area contributed by atoms with E-state index in [1.807, 2.05) is 18.7 Å². The average molecular weight is 286 g/mol. The van der Waals surface area contributed by atoms with Crippen LogP contribution in [0.5, 0.6) is 0 Å². The van der Waals surface area contributed by atoms with Gasteiger partial charge in [0, 0.05) is 11.7 Å². The van der Waals surface area contributed by atoms with E-state index in [1.165, 1.54) is 15.6 Å². The highest BCUT2D eigenvalue weighted by Gasteiger charge is 2.17. The van der Waals surface area contributed by atoms with Gasteiger partial charge in [0.25, 0.3) is 0 Å². The van der Waals surface area contributed by atoms with Gasteiger partial charge in [-0.15, -0.1) is 11.3 Å². The minimum atomic E-state index is 0.0687. The number of hydrazine groups is 1. The Hall–Kier alpha value is -1.69. The summed E-state index contributed by atoms with van der Waals surface area (Å²) in [5.74, 6) is 5.76. The van der Waals surface area contributed by atoms with Crippen LogP contribution in [0.25, 0.3) is 10.1 Å². The molecule has 0 saturated heterocycles. The zero-order valence-corrected chi connectivity index (χ0v) is 12.4. The molecule has 0 radical (unpaired) electrons. The van der Waals surface area contributed by atoms with Crippen molar-refractivity contribution in [3.63, 3.8) is 0 Å². The minimum Gasteiger partial charge on any atom is -0.271 e. The van der Waals surface area contributed by atoms with E-state index < -0.39 is 0 Å². The van der Waals surface area contributed by atoms with E-state index in [-0.39, 0.29) is 6.04 Å². The molecule has 1 unspecified atom stereocenters. The summed E-state index contributed by atoms with van der Waals surface area (Å²) in [5, 5.41) is 7.93. The number of nitrogens with zero attached hydrogens (tertiary/aromatic N) is 2. The molecule has 2 aromatic heterocycles. The van der Waals surface area contributed by atoms with Crippen molar-refractivity contribution >= 4 is 21.4 Å². The molecule has 3 rings (SSSR count). The van der Waals surface area contributed by atoms with Gasteiger partial charge in [-0.25, -0.2) is 0 Å². The number of nitrogens with two attached hydrogens (primary N) is 1. The first kappa shape index (κ1) is 13.3. The first-order valence-corrected chi connectivity index (χ1v) is 7.49. The van der Waals surface area contributed by atoms with Gasteiger partial charge in [-0.2, -0.15) is 5.10 Å². The quantitative estimate of drug-likeness (QED) is 0.573. The molecule has 0 aliphatic rings. The van der Waals surface area contributed by atoms with Crippen LogP contribution >= 0.6 is 11.3 Å². The predicted octanol–water partition coefficient (Wildman–Crippen LogP) is 2.69. The third-order valence-corrected chi connectivity index (χ3v) is 4.59. The number of hydrogen-bond acceptors (Lipinski definition) is 4. The van der Waals surface area contributed by atoms with Gasteiger partial charge in [0.05, 0.1) is 17.4 Å². The van der Waals surface area contributed by atoms with Crippen molar-refractivity contribution in [3.05, 3.63) is 52.7 Å². The third kappa shape index (κ3) is 2.35. The summed E-state index contributed by atoms with van der Waals surface area (Å²) in [4.78, 5) is 0. The Morgan fingerprint density at radius 1 is 1.40 bits per heavy atom. The number of hydrogen-bond donors (Lipinski definition) is 2.